The molecule has 0 N–H and O–H groups in total. The Kier molecular flexibility index (Phi) is 14.4. The Morgan fingerprint density at radius 2 is 0.844 bits per heavy atom. The standard InChI is InChI=1S/C25H41F5OSi/c1-4-7-10-13-16-32(17-14-11-8-5-2,18-15-12-9-6-3)31-19-20-21(26)23(28)25(30)24(29)22(20)27/h4-19H2,1-3H3. The number of unbranched alkanes of at least 4 members (excludes halogenated alkanes) is 9. The van der Waals surface area contributed by atoms with Crippen LogP contribution in [0.25, 0.3) is 0 Å². The Morgan fingerprint density at radius 1 is 0.500 bits per heavy atom. The van der Waals surface area contributed by atoms with Gasteiger partial charge in [0.25, 0.3) is 0 Å². The van der Waals surface area contributed by atoms with Crippen LogP contribution in [-0.2, 0) is 11.0 Å². The SMILES string of the molecule is CCCCCC[Si](CCCCCC)(CCCCCC)OCc1c(F)c(F)c(F)c(F)c1F. The first kappa shape index (κ1) is 29.1. The smallest absolute Gasteiger partial charge is 0.200 e. The molecule has 1 aromatic carbocycles. The highest BCUT2D eigenvalue weighted by molar-refractivity contribution is 6.73. The number of benzene rings is 1. The number of hydrogen-bond donors (Lipinski definition) is 0. The predicted molar refractivity (Wildman–Crippen MR) is 124 cm³/mol. The van der Waals surface area contributed by atoms with E-state index in [1.807, 2.05) is 0 Å². The van der Waals surface area contributed by atoms with E-state index in [0.29, 0.717) is 0 Å². The number of hydrogen-bond acceptors (Lipinski definition) is 1. The van der Waals surface area contributed by atoms with Crippen molar-refractivity contribution in [3.8, 4) is 0 Å². The molecule has 1 nitrogen and oxygen atoms in total. The van der Waals surface area contributed by atoms with Crippen LogP contribution < -0.4 is 0 Å². The van der Waals surface area contributed by atoms with Gasteiger partial charge >= 0.3 is 0 Å². The minimum Gasteiger partial charge on any atom is -0.412 e. The van der Waals surface area contributed by atoms with E-state index in [0.717, 1.165) is 95.2 Å². The third-order valence-electron chi connectivity index (χ3n) is 6.28. The molecule has 0 fully saturated rings. The van der Waals surface area contributed by atoms with Gasteiger partial charge in [-0.15, -0.1) is 0 Å². The summed E-state index contributed by atoms with van der Waals surface area (Å²) in [5.74, 6) is -9.46. The molecule has 0 heterocycles. The highest BCUT2D eigenvalue weighted by Crippen LogP contribution is 2.33. The minimum atomic E-state index is -2.39. The van der Waals surface area contributed by atoms with Gasteiger partial charge in [-0.1, -0.05) is 97.8 Å². The molecule has 0 aliphatic rings. The van der Waals surface area contributed by atoms with Crippen LogP contribution in [0.15, 0.2) is 0 Å². The van der Waals surface area contributed by atoms with Crippen LogP contribution in [0.4, 0.5) is 22.0 Å². The molecule has 32 heavy (non-hydrogen) atoms. The van der Waals surface area contributed by atoms with Gasteiger partial charge in [-0.05, 0) is 18.1 Å². The summed E-state index contributed by atoms with van der Waals surface area (Å²) >= 11 is 0. The van der Waals surface area contributed by atoms with Gasteiger partial charge in [-0.25, -0.2) is 22.0 Å². The van der Waals surface area contributed by atoms with Gasteiger partial charge in [0.2, 0.25) is 5.82 Å². The molecule has 1 aromatic rings. The van der Waals surface area contributed by atoms with Crippen molar-refractivity contribution in [2.75, 3.05) is 0 Å². The average molecular weight is 481 g/mol. The van der Waals surface area contributed by atoms with Gasteiger partial charge in [-0.2, -0.15) is 0 Å². The first-order valence-electron chi connectivity index (χ1n) is 12.5. The molecule has 0 radical (unpaired) electrons. The highest BCUT2D eigenvalue weighted by atomic mass is 28.4. The number of halogens is 5. The Labute approximate surface area is 192 Å². The van der Waals surface area contributed by atoms with Gasteiger partial charge in [0.1, 0.15) is 0 Å². The van der Waals surface area contributed by atoms with Crippen molar-refractivity contribution in [1.82, 2.24) is 0 Å². The highest BCUT2D eigenvalue weighted by Gasteiger charge is 2.35. The van der Waals surface area contributed by atoms with Crippen molar-refractivity contribution in [3.63, 3.8) is 0 Å². The monoisotopic (exact) mass is 480 g/mol. The molecule has 0 aliphatic heterocycles. The first-order valence-corrected chi connectivity index (χ1v) is 15.0. The summed E-state index contributed by atoms with van der Waals surface area (Å²) < 4.78 is 75.6. The van der Waals surface area contributed by atoms with Crippen LogP contribution in [0.2, 0.25) is 18.1 Å². The van der Waals surface area contributed by atoms with Crippen LogP contribution >= 0.6 is 0 Å². The normalized spacial score (nSPS) is 12.0. The Hall–Kier alpha value is -0.953. The fourth-order valence-electron chi connectivity index (χ4n) is 4.22. The van der Waals surface area contributed by atoms with Gasteiger partial charge in [0.05, 0.1) is 12.2 Å². The lowest BCUT2D eigenvalue weighted by molar-refractivity contribution is 0.259. The van der Waals surface area contributed by atoms with Crippen LogP contribution in [-0.4, -0.2) is 8.32 Å². The van der Waals surface area contributed by atoms with Crippen LogP contribution in [0.1, 0.15) is 103 Å². The van der Waals surface area contributed by atoms with E-state index in [1.165, 1.54) is 0 Å². The van der Waals surface area contributed by atoms with Gasteiger partial charge < -0.3 is 4.43 Å². The molecule has 0 aromatic heterocycles. The van der Waals surface area contributed by atoms with Crippen molar-refractivity contribution >= 4 is 8.32 Å². The molecule has 0 spiro atoms. The summed E-state index contributed by atoms with van der Waals surface area (Å²) in [5.41, 5.74) is -0.839. The fraction of sp³-hybridized carbons (Fsp3) is 0.760. The molecule has 0 saturated carbocycles. The van der Waals surface area contributed by atoms with E-state index in [4.69, 9.17) is 4.43 Å². The van der Waals surface area contributed by atoms with Crippen molar-refractivity contribution in [2.45, 2.75) is 123 Å². The number of rotatable bonds is 18. The zero-order valence-electron chi connectivity index (χ0n) is 20.1. The molecule has 7 heteroatoms. The second-order valence-corrected chi connectivity index (χ2v) is 13.1. The molecule has 186 valence electrons. The van der Waals surface area contributed by atoms with Gasteiger partial charge in [0.15, 0.2) is 31.6 Å². The molecule has 0 aliphatic carbocycles. The van der Waals surface area contributed by atoms with Crippen molar-refractivity contribution in [2.24, 2.45) is 0 Å². The molecule has 0 atom stereocenters. The third kappa shape index (κ3) is 9.12. The molecular weight excluding hydrogens is 439 g/mol. The topological polar surface area (TPSA) is 9.23 Å². The van der Waals surface area contributed by atoms with Gasteiger partial charge in [0, 0.05) is 0 Å². The largest absolute Gasteiger partial charge is 0.412 e. The Morgan fingerprint density at radius 3 is 1.19 bits per heavy atom. The summed E-state index contributed by atoms with van der Waals surface area (Å²) in [6.45, 7) is 5.87. The molecule has 0 saturated heterocycles. The molecule has 0 unspecified atom stereocenters. The lowest BCUT2D eigenvalue weighted by Gasteiger charge is -2.32. The van der Waals surface area contributed by atoms with E-state index in [9.17, 15) is 22.0 Å². The zero-order chi connectivity index (χ0) is 24.0. The Balaban J connectivity index is 3.08. The van der Waals surface area contributed by atoms with Crippen LogP contribution in [0.5, 0.6) is 0 Å². The van der Waals surface area contributed by atoms with E-state index in [1.54, 1.807) is 0 Å². The summed E-state index contributed by atoms with van der Waals surface area (Å²) in [6, 6.07) is 2.63. The van der Waals surface area contributed by atoms with Crippen LogP contribution in [0.3, 0.4) is 0 Å². The fourth-order valence-corrected chi connectivity index (χ4v) is 8.53. The Bertz CT molecular complexity index is 608. The maximum Gasteiger partial charge on any atom is 0.200 e. The van der Waals surface area contributed by atoms with E-state index >= 15 is 0 Å². The molecule has 0 amide bonds. The summed E-state index contributed by atoms with van der Waals surface area (Å²) in [4.78, 5) is 0. The maximum absolute atomic E-state index is 14.2. The van der Waals surface area contributed by atoms with Crippen molar-refractivity contribution < 1.29 is 26.4 Å². The van der Waals surface area contributed by atoms with Crippen molar-refractivity contribution in [1.29, 1.82) is 0 Å². The molecular formula is C25H41F5OSi. The molecule has 1 rings (SSSR count). The summed E-state index contributed by atoms with van der Waals surface area (Å²) in [7, 11) is -2.39. The second kappa shape index (κ2) is 15.8. The lowest BCUT2D eigenvalue weighted by Crippen LogP contribution is -2.38. The first-order chi connectivity index (χ1) is 15.3. The summed E-state index contributed by atoms with van der Waals surface area (Å²) in [6.07, 6.45) is 12.8. The zero-order valence-corrected chi connectivity index (χ0v) is 21.1. The van der Waals surface area contributed by atoms with Crippen LogP contribution in [0, 0.1) is 29.1 Å². The van der Waals surface area contributed by atoms with Gasteiger partial charge in [-0.3, -0.25) is 0 Å². The van der Waals surface area contributed by atoms with E-state index in [-0.39, 0.29) is 0 Å². The lowest BCUT2D eigenvalue weighted by atomic mass is 10.2. The quantitative estimate of drug-likeness (QED) is 0.0668. The second-order valence-electron chi connectivity index (χ2n) is 8.95. The van der Waals surface area contributed by atoms with Crippen molar-refractivity contribution in [3.05, 3.63) is 34.6 Å². The molecule has 0 bridgehead atoms. The summed E-state index contributed by atoms with van der Waals surface area (Å²) in [5, 5.41) is 0. The van der Waals surface area contributed by atoms with E-state index < -0.39 is 49.6 Å². The van der Waals surface area contributed by atoms with E-state index in [2.05, 4.69) is 20.8 Å². The maximum atomic E-state index is 14.2. The average Bonchev–Trinajstić information content (AvgIpc) is 2.79. The predicted octanol–water partition coefficient (Wildman–Crippen LogP) is 9.59. The third-order valence-corrected chi connectivity index (χ3v) is 10.8. The minimum absolute atomic E-state index is 0.548.